The smallest absolute Gasteiger partial charge is 0.355 e. The Bertz CT molecular complexity index is 290. The molecule has 0 aromatic carbocycles. The highest BCUT2D eigenvalue weighted by molar-refractivity contribution is 6.53. The summed E-state index contributed by atoms with van der Waals surface area (Å²) in [5.41, 5.74) is 5.73. The maximum Gasteiger partial charge on any atom is 0.681 e. The van der Waals surface area contributed by atoms with Crippen LogP contribution in [0, 0.1) is 0 Å². The van der Waals surface area contributed by atoms with Crippen molar-refractivity contribution in [3.05, 3.63) is 0 Å². The Morgan fingerprint density at radius 1 is 0.833 bits per heavy atom. The number of unbranched alkanes of at least 4 members (excludes halogenated alkanes) is 3. The number of hydrogen-bond donors (Lipinski definition) is 1. The lowest BCUT2D eigenvalue weighted by molar-refractivity contribution is -0.233. The van der Waals surface area contributed by atoms with Crippen molar-refractivity contribution in [2.24, 2.45) is 5.73 Å². The molecule has 0 rings (SSSR count). The van der Waals surface area contributed by atoms with Crippen molar-refractivity contribution in [1.82, 2.24) is 0 Å². The standard InChI is InChI=1S/C17H39NO5Si/c1-6-10-11-12-14-17(20-7-2,15-13-16-18)23-24(19-5,21-8-3)22-9-4/h6-16,18H2,1-5H3. The van der Waals surface area contributed by atoms with E-state index in [4.69, 9.17) is 28.2 Å². The van der Waals surface area contributed by atoms with E-state index in [0.29, 0.717) is 32.8 Å². The van der Waals surface area contributed by atoms with Gasteiger partial charge < -0.3 is 28.2 Å². The van der Waals surface area contributed by atoms with E-state index in [9.17, 15) is 0 Å². The Balaban J connectivity index is 5.25. The largest absolute Gasteiger partial charge is 0.681 e. The molecular weight excluding hydrogens is 326 g/mol. The van der Waals surface area contributed by atoms with Crippen molar-refractivity contribution in [3.63, 3.8) is 0 Å². The van der Waals surface area contributed by atoms with E-state index in [1.54, 1.807) is 7.11 Å². The maximum atomic E-state index is 6.37. The predicted molar refractivity (Wildman–Crippen MR) is 98.5 cm³/mol. The van der Waals surface area contributed by atoms with Crippen molar-refractivity contribution in [1.29, 1.82) is 0 Å². The summed E-state index contributed by atoms with van der Waals surface area (Å²) >= 11 is 0. The fourth-order valence-electron chi connectivity index (χ4n) is 2.70. The van der Waals surface area contributed by atoms with E-state index in [0.717, 1.165) is 25.7 Å². The van der Waals surface area contributed by atoms with Gasteiger partial charge in [0.1, 0.15) is 0 Å². The van der Waals surface area contributed by atoms with E-state index < -0.39 is 14.8 Å². The van der Waals surface area contributed by atoms with Crippen LogP contribution in [-0.4, -0.2) is 48.3 Å². The highest BCUT2D eigenvalue weighted by Gasteiger charge is 2.51. The van der Waals surface area contributed by atoms with Crippen LogP contribution in [0.4, 0.5) is 0 Å². The summed E-state index contributed by atoms with van der Waals surface area (Å²) < 4.78 is 29.6. The zero-order chi connectivity index (χ0) is 18.3. The van der Waals surface area contributed by atoms with E-state index in [2.05, 4.69) is 6.92 Å². The monoisotopic (exact) mass is 365 g/mol. The molecule has 0 amide bonds. The van der Waals surface area contributed by atoms with Crippen LogP contribution >= 0.6 is 0 Å². The Labute approximate surface area is 149 Å². The van der Waals surface area contributed by atoms with E-state index >= 15 is 0 Å². The molecule has 6 nitrogen and oxygen atoms in total. The van der Waals surface area contributed by atoms with Gasteiger partial charge in [0.15, 0.2) is 5.79 Å². The fraction of sp³-hybridized carbons (Fsp3) is 1.00. The summed E-state index contributed by atoms with van der Waals surface area (Å²) in [6.45, 7) is 10.1. The van der Waals surface area contributed by atoms with Crippen LogP contribution in [0.5, 0.6) is 0 Å². The van der Waals surface area contributed by atoms with Gasteiger partial charge in [0.05, 0.1) is 0 Å². The molecule has 0 saturated carbocycles. The lowest BCUT2D eigenvalue weighted by Crippen LogP contribution is -2.56. The lowest BCUT2D eigenvalue weighted by atomic mass is 10.0. The summed E-state index contributed by atoms with van der Waals surface area (Å²) in [5.74, 6) is -0.756. The van der Waals surface area contributed by atoms with Gasteiger partial charge in [-0.2, -0.15) is 0 Å². The van der Waals surface area contributed by atoms with Crippen LogP contribution in [0.25, 0.3) is 0 Å². The Kier molecular flexibility index (Phi) is 14.2. The van der Waals surface area contributed by atoms with E-state index in [1.807, 2.05) is 20.8 Å². The molecule has 0 radical (unpaired) electrons. The molecular formula is C17H39NO5Si. The molecule has 0 saturated heterocycles. The molecule has 0 spiro atoms. The molecule has 0 aromatic rings. The first-order valence-electron chi connectivity index (χ1n) is 9.44. The third-order valence-electron chi connectivity index (χ3n) is 3.78. The van der Waals surface area contributed by atoms with Gasteiger partial charge in [0.2, 0.25) is 0 Å². The van der Waals surface area contributed by atoms with Gasteiger partial charge in [0, 0.05) is 39.8 Å². The predicted octanol–water partition coefficient (Wildman–Crippen LogP) is 3.60. The number of rotatable bonds is 17. The van der Waals surface area contributed by atoms with Crippen molar-refractivity contribution in [2.75, 3.05) is 33.5 Å². The first kappa shape index (κ1) is 24.0. The summed E-state index contributed by atoms with van der Waals surface area (Å²) in [5, 5.41) is 0. The molecule has 0 bridgehead atoms. The van der Waals surface area contributed by atoms with Gasteiger partial charge >= 0.3 is 9.05 Å². The van der Waals surface area contributed by atoms with Gasteiger partial charge in [-0.25, -0.2) is 0 Å². The van der Waals surface area contributed by atoms with Crippen LogP contribution in [0.1, 0.15) is 72.6 Å². The average Bonchev–Trinajstić information content (AvgIpc) is 2.57. The van der Waals surface area contributed by atoms with Gasteiger partial charge in [0.25, 0.3) is 0 Å². The fourth-order valence-corrected chi connectivity index (χ4v) is 4.64. The molecule has 0 aliphatic carbocycles. The number of hydrogen-bond acceptors (Lipinski definition) is 6. The second-order valence-electron chi connectivity index (χ2n) is 5.72. The zero-order valence-electron chi connectivity index (χ0n) is 16.4. The highest BCUT2D eigenvalue weighted by Crippen LogP contribution is 2.32. The third kappa shape index (κ3) is 8.89. The first-order chi connectivity index (χ1) is 11.6. The van der Waals surface area contributed by atoms with Crippen molar-refractivity contribution in [2.45, 2.75) is 78.4 Å². The summed E-state index contributed by atoms with van der Waals surface area (Å²) in [6.07, 6.45) is 6.91. The second kappa shape index (κ2) is 14.2. The highest BCUT2D eigenvalue weighted by atomic mass is 28.4. The minimum Gasteiger partial charge on any atom is -0.355 e. The van der Waals surface area contributed by atoms with Gasteiger partial charge in [-0.3, -0.25) is 0 Å². The Morgan fingerprint density at radius 3 is 1.92 bits per heavy atom. The molecule has 0 fully saturated rings. The van der Waals surface area contributed by atoms with Gasteiger partial charge in [-0.15, -0.1) is 0 Å². The minimum absolute atomic E-state index is 0.467. The van der Waals surface area contributed by atoms with Crippen molar-refractivity contribution in [3.8, 4) is 0 Å². The molecule has 24 heavy (non-hydrogen) atoms. The maximum absolute atomic E-state index is 6.37. The van der Waals surface area contributed by atoms with Gasteiger partial charge in [-0.1, -0.05) is 26.2 Å². The molecule has 146 valence electrons. The molecule has 0 heterocycles. The quantitative estimate of drug-likeness (QED) is 0.241. The summed E-state index contributed by atoms with van der Waals surface area (Å²) in [7, 11) is -1.65. The molecule has 7 heteroatoms. The Hall–Kier alpha value is -0.0231. The Morgan fingerprint density at radius 2 is 1.46 bits per heavy atom. The van der Waals surface area contributed by atoms with E-state index in [1.165, 1.54) is 12.8 Å². The molecule has 1 unspecified atom stereocenters. The zero-order valence-corrected chi connectivity index (χ0v) is 17.4. The third-order valence-corrected chi connectivity index (χ3v) is 6.19. The molecule has 0 aromatic heterocycles. The van der Waals surface area contributed by atoms with Crippen LogP contribution in [-0.2, 0) is 22.4 Å². The van der Waals surface area contributed by atoms with Crippen LogP contribution in [0.15, 0.2) is 0 Å². The van der Waals surface area contributed by atoms with Gasteiger partial charge in [-0.05, 0) is 40.2 Å². The minimum atomic E-state index is -3.23. The topological polar surface area (TPSA) is 72.2 Å². The van der Waals surface area contributed by atoms with Crippen LogP contribution in [0.2, 0.25) is 0 Å². The van der Waals surface area contributed by atoms with Crippen molar-refractivity contribution < 1.29 is 22.4 Å². The van der Waals surface area contributed by atoms with Crippen LogP contribution in [0.3, 0.4) is 0 Å². The average molecular weight is 366 g/mol. The summed E-state index contributed by atoms with van der Waals surface area (Å²) in [6, 6.07) is 0. The second-order valence-corrected chi connectivity index (χ2v) is 7.91. The molecule has 0 aliphatic rings. The van der Waals surface area contributed by atoms with E-state index in [-0.39, 0.29) is 0 Å². The van der Waals surface area contributed by atoms with Crippen molar-refractivity contribution >= 4 is 9.05 Å². The normalized spacial score (nSPS) is 14.8. The summed E-state index contributed by atoms with van der Waals surface area (Å²) in [4.78, 5) is 0. The molecule has 2 N–H and O–H groups in total. The first-order valence-corrected chi connectivity index (χ1v) is 11.1. The SMILES string of the molecule is CCCCCCC(CCCN)(OCC)O[Si](OC)(OCC)OCC. The van der Waals surface area contributed by atoms with Crippen LogP contribution < -0.4 is 5.73 Å². The lowest BCUT2D eigenvalue weighted by Gasteiger charge is -2.39. The number of nitrogens with two attached hydrogens (primary N) is 1. The molecule has 1 atom stereocenters. The number of ether oxygens (including phenoxy) is 1. The molecule has 0 aliphatic heterocycles.